The van der Waals surface area contributed by atoms with Crippen molar-refractivity contribution in [3.63, 3.8) is 0 Å². The summed E-state index contributed by atoms with van der Waals surface area (Å²) in [5.41, 5.74) is 0.0393. The SMILES string of the molecule is CC(C)(C)N(Cc1ccccc1)OC(F)(F)F. The molecule has 1 aromatic carbocycles. The van der Waals surface area contributed by atoms with Gasteiger partial charge in [-0.05, 0) is 26.3 Å². The highest BCUT2D eigenvalue weighted by molar-refractivity contribution is 5.14. The number of halogens is 3. The molecule has 0 saturated heterocycles. The van der Waals surface area contributed by atoms with Crippen molar-refractivity contribution < 1.29 is 18.0 Å². The Morgan fingerprint density at radius 1 is 1.06 bits per heavy atom. The molecule has 0 amide bonds. The summed E-state index contributed by atoms with van der Waals surface area (Å²) in [7, 11) is 0. The van der Waals surface area contributed by atoms with Gasteiger partial charge in [-0.2, -0.15) is 9.90 Å². The summed E-state index contributed by atoms with van der Waals surface area (Å²) in [4.78, 5) is 4.04. The Balaban J connectivity index is 2.79. The highest BCUT2D eigenvalue weighted by atomic mass is 19.4. The fourth-order valence-corrected chi connectivity index (χ4v) is 1.28. The zero-order valence-electron chi connectivity index (χ0n) is 10.1. The molecule has 1 rings (SSSR count). The third-order valence-corrected chi connectivity index (χ3v) is 2.13. The highest BCUT2D eigenvalue weighted by Gasteiger charge is 2.37. The third-order valence-electron chi connectivity index (χ3n) is 2.13. The molecule has 5 heteroatoms. The largest absolute Gasteiger partial charge is 0.539 e. The van der Waals surface area contributed by atoms with Crippen LogP contribution in [-0.2, 0) is 11.4 Å². The van der Waals surface area contributed by atoms with E-state index in [0.717, 1.165) is 10.6 Å². The van der Waals surface area contributed by atoms with Gasteiger partial charge in [0.2, 0.25) is 0 Å². The van der Waals surface area contributed by atoms with Crippen molar-refractivity contribution in [1.29, 1.82) is 0 Å². The summed E-state index contributed by atoms with van der Waals surface area (Å²) in [5.74, 6) is 0. The Bertz CT molecular complexity index is 343. The van der Waals surface area contributed by atoms with Crippen molar-refractivity contribution in [3.8, 4) is 0 Å². The van der Waals surface area contributed by atoms with Crippen molar-refractivity contribution in [3.05, 3.63) is 35.9 Å². The quantitative estimate of drug-likeness (QED) is 0.754. The van der Waals surface area contributed by atoms with Gasteiger partial charge in [0.05, 0.1) is 6.54 Å². The van der Waals surface area contributed by atoms with Gasteiger partial charge in [0.1, 0.15) is 0 Å². The number of hydroxylamine groups is 2. The van der Waals surface area contributed by atoms with E-state index in [2.05, 4.69) is 4.84 Å². The summed E-state index contributed by atoms with van der Waals surface area (Å²) < 4.78 is 36.8. The van der Waals surface area contributed by atoms with Crippen molar-refractivity contribution in [2.24, 2.45) is 0 Å². The summed E-state index contributed by atoms with van der Waals surface area (Å²) in [5, 5.41) is 0.933. The monoisotopic (exact) mass is 247 g/mol. The first kappa shape index (κ1) is 14.0. The molecule has 0 atom stereocenters. The number of rotatable bonds is 3. The Hall–Kier alpha value is -1.07. The molecule has 0 aliphatic carbocycles. The van der Waals surface area contributed by atoms with Gasteiger partial charge in [-0.15, -0.1) is 13.2 Å². The van der Waals surface area contributed by atoms with Crippen LogP contribution in [0.25, 0.3) is 0 Å². The van der Waals surface area contributed by atoms with Gasteiger partial charge in [0.15, 0.2) is 0 Å². The van der Waals surface area contributed by atoms with Gasteiger partial charge >= 0.3 is 6.36 Å². The van der Waals surface area contributed by atoms with Crippen LogP contribution in [0, 0.1) is 0 Å². The van der Waals surface area contributed by atoms with Crippen LogP contribution in [0.15, 0.2) is 30.3 Å². The molecule has 0 aliphatic heterocycles. The molecule has 0 radical (unpaired) electrons. The van der Waals surface area contributed by atoms with Gasteiger partial charge < -0.3 is 0 Å². The van der Waals surface area contributed by atoms with Crippen molar-refractivity contribution in [2.45, 2.75) is 39.2 Å². The Morgan fingerprint density at radius 3 is 2.00 bits per heavy atom. The van der Waals surface area contributed by atoms with E-state index < -0.39 is 11.9 Å². The average molecular weight is 247 g/mol. The molecule has 96 valence electrons. The topological polar surface area (TPSA) is 12.5 Å². The van der Waals surface area contributed by atoms with Gasteiger partial charge in [0.25, 0.3) is 0 Å². The molecule has 0 bridgehead atoms. The molecule has 2 nitrogen and oxygen atoms in total. The van der Waals surface area contributed by atoms with Crippen LogP contribution in [0.5, 0.6) is 0 Å². The average Bonchev–Trinajstić information content (AvgIpc) is 2.15. The van der Waals surface area contributed by atoms with Crippen LogP contribution in [0.2, 0.25) is 0 Å². The standard InChI is InChI=1S/C12H16F3NO/c1-11(2,3)16(17-12(13,14)15)9-10-7-5-4-6-8-10/h4-8H,9H2,1-3H3. The van der Waals surface area contributed by atoms with Gasteiger partial charge in [-0.3, -0.25) is 0 Å². The zero-order chi connectivity index (χ0) is 13.1. The van der Waals surface area contributed by atoms with Crippen LogP contribution in [0.1, 0.15) is 26.3 Å². The molecular formula is C12H16F3NO. The maximum absolute atomic E-state index is 12.3. The lowest BCUT2D eigenvalue weighted by molar-refractivity contribution is -0.433. The van der Waals surface area contributed by atoms with Crippen LogP contribution < -0.4 is 0 Å². The molecular weight excluding hydrogens is 231 g/mol. The minimum Gasteiger partial charge on any atom is -0.199 e. The lowest BCUT2D eigenvalue weighted by Gasteiger charge is -2.34. The second-order valence-electron chi connectivity index (χ2n) is 4.73. The number of hydrogen-bond donors (Lipinski definition) is 0. The van der Waals surface area contributed by atoms with E-state index in [-0.39, 0.29) is 6.54 Å². The van der Waals surface area contributed by atoms with E-state index in [4.69, 9.17) is 0 Å². The summed E-state index contributed by atoms with van der Waals surface area (Å²) >= 11 is 0. The fraction of sp³-hybridized carbons (Fsp3) is 0.500. The minimum atomic E-state index is -4.66. The normalized spacial score (nSPS) is 13.1. The number of hydrogen-bond acceptors (Lipinski definition) is 2. The molecule has 1 aromatic rings. The maximum atomic E-state index is 12.3. The van der Waals surface area contributed by atoms with E-state index in [0.29, 0.717) is 0 Å². The molecule has 0 fully saturated rings. The second kappa shape index (κ2) is 5.06. The van der Waals surface area contributed by atoms with Crippen LogP contribution >= 0.6 is 0 Å². The fourth-order valence-electron chi connectivity index (χ4n) is 1.28. The smallest absolute Gasteiger partial charge is 0.199 e. The molecule has 0 saturated carbocycles. The summed E-state index contributed by atoms with van der Waals surface area (Å²) in [6.45, 7) is 5.09. The molecule has 0 heterocycles. The van der Waals surface area contributed by atoms with Crippen LogP contribution in [-0.4, -0.2) is 17.0 Å². The van der Waals surface area contributed by atoms with E-state index in [1.807, 2.05) is 6.07 Å². The maximum Gasteiger partial charge on any atom is 0.539 e. The second-order valence-corrected chi connectivity index (χ2v) is 4.73. The van der Waals surface area contributed by atoms with E-state index >= 15 is 0 Å². The van der Waals surface area contributed by atoms with E-state index in [9.17, 15) is 13.2 Å². The first-order valence-electron chi connectivity index (χ1n) is 5.26. The lowest BCUT2D eigenvalue weighted by atomic mass is 10.1. The van der Waals surface area contributed by atoms with Crippen molar-refractivity contribution >= 4 is 0 Å². The molecule has 0 N–H and O–H groups in total. The van der Waals surface area contributed by atoms with Gasteiger partial charge in [0, 0.05) is 5.54 Å². The number of alkyl halides is 3. The highest BCUT2D eigenvalue weighted by Crippen LogP contribution is 2.26. The zero-order valence-corrected chi connectivity index (χ0v) is 10.1. The first-order chi connectivity index (χ1) is 7.68. The van der Waals surface area contributed by atoms with Crippen molar-refractivity contribution in [2.75, 3.05) is 0 Å². The van der Waals surface area contributed by atoms with Gasteiger partial charge in [-0.25, -0.2) is 0 Å². The minimum absolute atomic E-state index is 0.0872. The van der Waals surface area contributed by atoms with Crippen LogP contribution in [0.3, 0.4) is 0 Å². The molecule has 17 heavy (non-hydrogen) atoms. The predicted molar refractivity (Wildman–Crippen MR) is 58.9 cm³/mol. The molecule has 0 spiro atoms. The number of benzene rings is 1. The molecule has 0 aliphatic rings. The number of nitrogens with zero attached hydrogens (tertiary/aromatic N) is 1. The Labute approximate surface area is 98.9 Å². The van der Waals surface area contributed by atoms with E-state index in [1.165, 1.54) is 0 Å². The lowest BCUT2D eigenvalue weighted by Crippen LogP contribution is -2.44. The molecule has 0 aromatic heterocycles. The van der Waals surface area contributed by atoms with Gasteiger partial charge in [-0.1, -0.05) is 30.3 Å². The first-order valence-corrected chi connectivity index (χ1v) is 5.26. The Morgan fingerprint density at radius 2 is 1.59 bits per heavy atom. The van der Waals surface area contributed by atoms with E-state index in [1.54, 1.807) is 45.0 Å². The Kier molecular flexibility index (Phi) is 4.16. The molecule has 0 unspecified atom stereocenters. The van der Waals surface area contributed by atoms with Crippen molar-refractivity contribution in [1.82, 2.24) is 5.06 Å². The summed E-state index contributed by atoms with van der Waals surface area (Å²) in [6, 6.07) is 8.90. The predicted octanol–water partition coefficient (Wildman–Crippen LogP) is 3.74. The van der Waals surface area contributed by atoms with Crippen LogP contribution in [0.4, 0.5) is 13.2 Å². The summed E-state index contributed by atoms with van der Waals surface area (Å²) in [6.07, 6.45) is -4.66. The third kappa shape index (κ3) is 5.19.